The van der Waals surface area contributed by atoms with E-state index in [0.29, 0.717) is 31.6 Å². The fourth-order valence-electron chi connectivity index (χ4n) is 3.92. The van der Waals surface area contributed by atoms with E-state index in [2.05, 4.69) is 20.4 Å². The molecule has 0 bridgehead atoms. The summed E-state index contributed by atoms with van der Waals surface area (Å²) in [6.45, 7) is 8.08. The van der Waals surface area contributed by atoms with Crippen LogP contribution in [0.3, 0.4) is 0 Å². The van der Waals surface area contributed by atoms with Gasteiger partial charge in [0, 0.05) is 24.6 Å². The average molecular weight is 435 g/mol. The van der Waals surface area contributed by atoms with Crippen LogP contribution in [0.15, 0.2) is 52.9 Å². The third-order valence-corrected chi connectivity index (χ3v) is 5.90. The lowest BCUT2D eigenvalue weighted by Crippen LogP contribution is -2.41. The summed E-state index contributed by atoms with van der Waals surface area (Å²) in [5.41, 5.74) is 3.16. The van der Waals surface area contributed by atoms with Crippen molar-refractivity contribution >= 4 is 11.9 Å². The summed E-state index contributed by atoms with van der Waals surface area (Å²) < 4.78 is 11.4. The zero-order valence-electron chi connectivity index (χ0n) is 18.9. The molecule has 0 spiro atoms. The molecule has 168 valence electrons. The Morgan fingerprint density at radius 1 is 1.12 bits per heavy atom. The third-order valence-electron chi connectivity index (χ3n) is 5.90. The molecular weight excluding hydrogens is 404 g/mol. The summed E-state index contributed by atoms with van der Waals surface area (Å²) in [5.74, 6) is 1.44. The number of benzene rings is 2. The van der Waals surface area contributed by atoms with E-state index in [1.165, 1.54) is 5.56 Å². The molecule has 1 N–H and O–H groups in total. The Morgan fingerprint density at radius 2 is 1.81 bits per heavy atom. The number of nitrogens with zero attached hydrogens (tertiary/aromatic N) is 3. The number of piperidine rings is 1. The first kappa shape index (κ1) is 21.9. The molecule has 2 aromatic carbocycles. The summed E-state index contributed by atoms with van der Waals surface area (Å²) in [7, 11) is 0. The number of aryl methyl sites for hydroxylation is 1. The predicted molar refractivity (Wildman–Crippen MR) is 124 cm³/mol. The van der Waals surface area contributed by atoms with Gasteiger partial charge in [0.25, 0.3) is 0 Å². The first-order chi connectivity index (χ1) is 15.5. The minimum Gasteiger partial charge on any atom is -0.494 e. The third kappa shape index (κ3) is 5.10. The maximum Gasteiger partial charge on any atom is 0.318 e. The van der Waals surface area contributed by atoms with Crippen molar-refractivity contribution in [3.8, 4) is 17.2 Å². The standard InChI is InChI=1S/C25H30N4O3/c1-4-31-22-11-9-19(10-12-22)18(3)26-23(30)20-13-15-29(16-14-20)25-28-27-24(32-25)21-7-5-17(2)6-8-21/h5-12,18,20H,4,13-16H2,1-3H3,(H,26,30)/t18-/m0/s1. The van der Waals surface area contributed by atoms with Crippen molar-refractivity contribution in [3.63, 3.8) is 0 Å². The van der Waals surface area contributed by atoms with Gasteiger partial charge in [0.15, 0.2) is 0 Å². The Labute approximate surface area is 188 Å². The van der Waals surface area contributed by atoms with E-state index in [-0.39, 0.29) is 17.9 Å². The summed E-state index contributed by atoms with van der Waals surface area (Å²) >= 11 is 0. The summed E-state index contributed by atoms with van der Waals surface area (Å²) in [6, 6.07) is 16.4. The van der Waals surface area contributed by atoms with Crippen molar-refractivity contribution in [1.82, 2.24) is 15.5 Å². The van der Waals surface area contributed by atoms with E-state index < -0.39 is 0 Å². The molecule has 1 aromatic heterocycles. The Hall–Kier alpha value is -3.35. The maximum absolute atomic E-state index is 12.8. The number of amides is 1. The van der Waals surface area contributed by atoms with Gasteiger partial charge in [0.2, 0.25) is 11.8 Å². The van der Waals surface area contributed by atoms with E-state index in [1.54, 1.807) is 0 Å². The molecule has 1 fully saturated rings. The molecule has 7 nitrogen and oxygen atoms in total. The Bertz CT molecular complexity index is 1020. The zero-order valence-corrected chi connectivity index (χ0v) is 18.9. The fraction of sp³-hybridized carbons (Fsp3) is 0.400. The molecule has 0 saturated carbocycles. The number of anilines is 1. The number of nitrogens with one attached hydrogen (secondary N) is 1. The molecule has 1 aliphatic heterocycles. The van der Waals surface area contributed by atoms with E-state index in [4.69, 9.17) is 9.15 Å². The van der Waals surface area contributed by atoms with Gasteiger partial charge in [-0.15, -0.1) is 5.10 Å². The van der Waals surface area contributed by atoms with Crippen molar-refractivity contribution in [2.45, 2.75) is 39.7 Å². The van der Waals surface area contributed by atoms with Gasteiger partial charge in [-0.1, -0.05) is 34.9 Å². The normalized spacial score (nSPS) is 15.4. The molecule has 0 unspecified atom stereocenters. The van der Waals surface area contributed by atoms with Crippen LogP contribution in [-0.4, -0.2) is 35.8 Å². The molecule has 4 rings (SSSR count). The lowest BCUT2D eigenvalue weighted by Gasteiger charge is -2.30. The molecule has 7 heteroatoms. The molecular formula is C25H30N4O3. The van der Waals surface area contributed by atoms with Gasteiger partial charge >= 0.3 is 6.01 Å². The summed E-state index contributed by atoms with van der Waals surface area (Å²) in [6.07, 6.45) is 1.51. The van der Waals surface area contributed by atoms with E-state index >= 15 is 0 Å². The van der Waals surface area contributed by atoms with Crippen LogP contribution in [0.25, 0.3) is 11.5 Å². The average Bonchev–Trinajstić information content (AvgIpc) is 3.30. The smallest absolute Gasteiger partial charge is 0.318 e. The minimum absolute atomic E-state index is 0.0177. The van der Waals surface area contributed by atoms with Crippen LogP contribution >= 0.6 is 0 Å². The molecule has 0 aliphatic carbocycles. The van der Waals surface area contributed by atoms with Gasteiger partial charge < -0.3 is 19.4 Å². The van der Waals surface area contributed by atoms with E-state index in [9.17, 15) is 4.79 Å². The largest absolute Gasteiger partial charge is 0.494 e. The highest BCUT2D eigenvalue weighted by Gasteiger charge is 2.28. The number of hydrogen-bond donors (Lipinski definition) is 1. The minimum atomic E-state index is -0.0517. The Kier molecular flexibility index (Phi) is 6.73. The van der Waals surface area contributed by atoms with Crippen LogP contribution in [0, 0.1) is 12.8 Å². The molecule has 3 aromatic rings. The van der Waals surface area contributed by atoms with Gasteiger partial charge in [0.05, 0.1) is 12.6 Å². The molecule has 1 amide bonds. The van der Waals surface area contributed by atoms with Crippen LogP contribution in [0.4, 0.5) is 6.01 Å². The molecule has 1 saturated heterocycles. The Morgan fingerprint density at radius 3 is 2.47 bits per heavy atom. The monoisotopic (exact) mass is 434 g/mol. The lowest BCUT2D eigenvalue weighted by molar-refractivity contribution is -0.126. The van der Waals surface area contributed by atoms with Gasteiger partial charge in [0.1, 0.15) is 5.75 Å². The first-order valence-electron chi connectivity index (χ1n) is 11.2. The fourth-order valence-corrected chi connectivity index (χ4v) is 3.92. The van der Waals surface area contributed by atoms with Crippen LogP contribution in [0.1, 0.15) is 43.9 Å². The highest BCUT2D eigenvalue weighted by Crippen LogP contribution is 2.27. The second-order valence-corrected chi connectivity index (χ2v) is 8.25. The number of rotatable bonds is 7. The highest BCUT2D eigenvalue weighted by atomic mass is 16.5. The Balaban J connectivity index is 1.29. The van der Waals surface area contributed by atoms with E-state index in [0.717, 1.165) is 29.7 Å². The summed E-state index contributed by atoms with van der Waals surface area (Å²) in [5, 5.41) is 11.6. The van der Waals surface area contributed by atoms with Crippen LogP contribution in [0.5, 0.6) is 5.75 Å². The number of hydrogen-bond acceptors (Lipinski definition) is 6. The molecule has 1 aliphatic rings. The first-order valence-corrected chi connectivity index (χ1v) is 11.2. The van der Waals surface area contributed by atoms with Crippen molar-refractivity contribution < 1.29 is 13.9 Å². The zero-order chi connectivity index (χ0) is 22.5. The maximum atomic E-state index is 12.8. The van der Waals surface area contributed by atoms with Crippen LogP contribution < -0.4 is 15.0 Å². The second kappa shape index (κ2) is 9.85. The number of ether oxygens (including phenoxy) is 1. The van der Waals surface area contributed by atoms with Crippen molar-refractivity contribution in [2.24, 2.45) is 5.92 Å². The van der Waals surface area contributed by atoms with Gasteiger partial charge in [-0.3, -0.25) is 4.79 Å². The van der Waals surface area contributed by atoms with Gasteiger partial charge in [-0.05, 0) is 63.4 Å². The topological polar surface area (TPSA) is 80.5 Å². The number of carbonyl (C=O) groups is 1. The second-order valence-electron chi connectivity index (χ2n) is 8.25. The van der Waals surface area contributed by atoms with Crippen LogP contribution in [-0.2, 0) is 4.79 Å². The highest BCUT2D eigenvalue weighted by molar-refractivity contribution is 5.79. The molecule has 1 atom stereocenters. The quantitative estimate of drug-likeness (QED) is 0.588. The van der Waals surface area contributed by atoms with Gasteiger partial charge in [-0.25, -0.2) is 0 Å². The van der Waals surface area contributed by atoms with Crippen LogP contribution in [0.2, 0.25) is 0 Å². The van der Waals surface area contributed by atoms with Gasteiger partial charge in [-0.2, -0.15) is 0 Å². The lowest BCUT2D eigenvalue weighted by atomic mass is 9.95. The van der Waals surface area contributed by atoms with Crippen molar-refractivity contribution in [2.75, 3.05) is 24.6 Å². The van der Waals surface area contributed by atoms with Crippen molar-refractivity contribution in [1.29, 1.82) is 0 Å². The summed E-state index contributed by atoms with van der Waals surface area (Å²) in [4.78, 5) is 14.9. The predicted octanol–water partition coefficient (Wildman–Crippen LogP) is 4.54. The molecule has 2 heterocycles. The number of carbonyl (C=O) groups excluding carboxylic acids is 1. The molecule has 32 heavy (non-hydrogen) atoms. The number of aromatic nitrogens is 2. The van der Waals surface area contributed by atoms with E-state index in [1.807, 2.05) is 69.3 Å². The molecule has 0 radical (unpaired) electrons. The van der Waals surface area contributed by atoms with Crippen molar-refractivity contribution in [3.05, 3.63) is 59.7 Å². The SMILES string of the molecule is CCOc1ccc([C@H](C)NC(=O)C2CCN(c3nnc(-c4ccc(C)cc4)o3)CC2)cc1.